The topological polar surface area (TPSA) is 56.6 Å². The second kappa shape index (κ2) is 6.58. The lowest BCUT2D eigenvalue weighted by Crippen LogP contribution is -2.54. The molecule has 118 valence electrons. The van der Waals surface area contributed by atoms with Gasteiger partial charge in [0.1, 0.15) is 5.69 Å². The Hall–Kier alpha value is -1.40. The van der Waals surface area contributed by atoms with Crippen LogP contribution < -0.4 is 4.74 Å². The number of nitrogens with zero attached hydrogens (tertiary/aromatic N) is 3. The molecule has 1 aromatic heterocycles. The summed E-state index contributed by atoms with van der Waals surface area (Å²) in [6.45, 7) is 9.57. The molecule has 1 aliphatic heterocycles. The summed E-state index contributed by atoms with van der Waals surface area (Å²) >= 11 is 0. The lowest BCUT2D eigenvalue weighted by molar-refractivity contribution is -0.00475. The lowest BCUT2D eigenvalue weighted by atomic mass is 9.93. The van der Waals surface area contributed by atoms with Crippen LogP contribution in [0.15, 0.2) is 6.20 Å². The van der Waals surface area contributed by atoms with Crippen LogP contribution in [0.4, 0.5) is 0 Å². The maximum absolute atomic E-state index is 13.1. The van der Waals surface area contributed by atoms with Crippen molar-refractivity contribution in [3.05, 3.63) is 11.9 Å². The van der Waals surface area contributed by atoms with E-state index in [0.717, 1.165) is 19.5 Å². The van der Waals surface area contributed by atoms with Crippen LogP contribution in [0, 0.1) is 0 Å². The van der Waals surface area contributed by atoms with Gasteiger partial charge in [-0.1, -0.05) is 6.92 Å². The van der Waals surface area contributed by atoms with Crippen molar-refractivity contribution in [2.24, 2.45) is 0 Å². The summed E-state index contributed by atoms with van der Waals surface area (Å²) in [7, 11) is 1.58. The molecule has 6 nitrogen and oxygen atoms in total. The van der Waals surface area contributed by atoms with Crippen molar-refractivity contribution in [1.82, 2.24) is 14.7 Å². The Kier molecular flexibility index (Phi) is 5.00. The van der Waals surface area contributed by atoms with Gasteiger partial charge in [0, 0.05) is 19.6 Å². The molecule has 1 saturated heterocycles. The third-order valence-electron chi connectivity index (χ3n) is 4.03. The van der Waals surface area contributed by atoms with Crippen molar-refractivity contribution < 1.29 is 14.3 Å². The number of hydrogen-bond acceptors (Lipinski definition) is 5. The van der Waals surface area contributed by atoms with Crippen LogP contribution in [0.2, 0.25) is 0 Å². The fourth-order valence-corrected chi connectivity index (χ4v) is 2.68. The highest BCUT2D eigenvalue weighted by atomic mass is 16.5. The van der Waals surface area contributed by atoms with Crippen LogP contribution in [0.1, 0.15) is 37.7 Å². The number of rotatable bonds is 6. The number of carbonyl (C=O) groups excluding carboxylic acids is 1. The van der Waals surface area contributed by atoms with E-state index in [-0.39, 0.29) is 5.78 Å². The Labute approximate surface area is 126 Å². The second-order valence-corrected chi connectivity index (χ2v) is 5.77. The quantitative estimate of drug-likeness (QED) is 0.746. The van der Waals surface area contributed by atoms with Crippen LogP contribution >= 0.6 is 0 Å². The number of carbonyl (C=O) groups is 1. The molecule has 2 rings (SSSR count). The second-order valence-electron chi connectivity index (χ2n) is 5.77. The van der Waals surface area contributed by atoms with Gasteiger partial charge >= 0.3 is 0 Å². The number of ether oxygens (including phenoxy) is 2. The van der Waals surface area contributed by atoms with Crippen LogP contribution in [0.25, 0.3) is 0 Å². The molecule has 0 N–H and O–H groups in total. The summed E-state index contributed by atoms with van der Waals surface area (Å²) in [6.07, 6.45) is 2.54. The molecule has 1 aromatic rings. The highest BCUT2D eigenvalue weighted by molar-refractivity contribution is 6.03. The average Bonchev–Trinajstić information content (AvgIpc) is 2.90. The fraction of sp³-hybridized carbons (Fsp3) is 0.733. The third-order valence-corrected chi connectivity index (χ3v) is 4.03. The summed E-state index contributed by atoms with van der Waals surface area (Å²) < 4.78 is 12.5. The first-order valence-electron chi connectivity index (χ1n) is 7.49. The minimum absolute atomic E-state index is 0.0483. The van der Waals surface area contributed by atoms with E-state index in [9.17, 15) is 4.79 Å². The predicted molar refractivity (Wildman–Crippen MR) is 79.9 cm³/mol. The van der Waals surface area contributed by atoms with Gasteiger partial charge in [-0.25, -0.2) is 0 Å². The van der Waals surface area contributed by atoms with Gasteiger partial charge in [0.15, 0.2) is 5.75 Å². The standard InChI is InChI=1S/C15H25N3O3/c1-5-6-18-13(12(20-4)11-16-18)14(19)15(2,3)17-7-9-21-10-8-17/h11H,5-10H2,1-4H3. The van der Waals surface area contributed by atoms with E-state index in [4.69, 9.17) is 9.47 Å². The van der Waals surface area contributed by atoms with Crippen molar-refractivity contribution in [2.75, 3.05) is 33.4 Å². The molecule has 21 heavy (non-hydrogen) atoms. The first-order valence-corrected chi connectivity index (χ1v) is 7.49. The summed E-state index contributed by atoms with van der Waals surface area (Å²) in [5.41, 5.74) is -0.0291. The Balaban J connectivity index is 2.31. The molecule has 0 bridgehead atoms. The molecule has 1 fully saturated rings. The Morgan fingerprint density at radius 1 is 1.43 bits per heavy atom. The van der Waals surface area contributed by atoms with E-state index in [1.165, 1.54) is 0 Å². The Morgan fingerprint density at radius 2 is 2.10 bits per heavy atom. The average molecular weight is 295 g/mol. The van der Waals surface area contributed by atoms with Gasteiger partial charge < -0.3 is 9.47 Å². The Morgan fingerprint density at radius 3 is 2.67 bits per heavy atom. The van der Waals surface area contributed by atoms with E-state index in [0.29, 0.717) is 31.2 Å². The highest BCUT2D eigenvalue weighted by Crippen LogP contribution is 2.27. The van der Waals surface area contributed by atoms with Crippen molar-refractivity contribution in [1.29, 1.82) is 0 Å². The minimum atomic E-state index is -0.595. The molecule has 0 saturated carbocycles. The van der Waals surface area contributed by atoms with Crippen molar-refractivity contribution in [2.45, 2.75) is 39.3 Å². The molecule has 0 radical (unpaired) electrons. The number of hydrogen-bond donors (Lipinski definition) is 0. The molecular weight excluding hydrogens is 270 g/mol. The Bertz CT molecular complexity index is 490. The van der Waals surface area contributed by atoms with Gasteiger partial charge in [0.05, 0.1) is 32.1 Å². The molecule has 1 aliphatic rings. The molecule has 0 amide bonds. The first-order chi connectivity index (χ1) is 10.0. The van der Waals surface area contributed by atoms with E-state index in [1.807, 2.05) is 13.8 Å². The fourth-order valence-electron chi connectivity index (χ4n) is 2.68. The number of Topliss-reactive ketones (excluding diaryl/α,β-unsaturated/α-hetero) is 1. The van der Waals surface area contributed by atoms with Crippen LogP contribution in [0.5, 0.6) is 5.75 Å². The molecule has 2 heterocycles. The number of aromatic nitrogens is 2. The zero-order valence-electron chi connectivity index (χ0n) is 13.4. The zero-order chi connectivity index (χ0) is 15.5. The third kappa shape index (κ3) is 3.11. The van der Waals surface area contributed by atoms with E-state index < -0.39 is 5.54 Å². The smallest absolute Gasteiger partial charge is 0.204 e. The maximum Gasteiger partial charge on any atom is 0.204 e. The van der Waals surface area contributed by atoms with Crippen LogP contribution in [-0.2, 0) is 11.3 Å². The molecule has 0 spiro atoms. The monoisotopic (exact) mass is 295 g/mol. The van der Waals surface area contributed by atoms with E-state index in [2.05, 4.69) is 16.9 Å². The summed E-state index contributed by atoms with van der Waals surface area (Å²) in [5.74, 6) is 0.599. The van der Waals surface area contributed by atoms with Gasteiger partial charge in [-0.3, -0.25) is 14.4 Å². The largest absolute Gasteiger partial charge is 0.493 e. The van der Waals surface area contributed by atoms with Crippen molar-refractivity contribution in [3.63, 3.8) is 0 Å². The summed E-state index contributed by atoms with van der Waals surface area (Å²) in [5, 5.41) is 4.28. The molecule has 6 heteroatoms. The maximum atomic E-state index is 13.1. The SMILES string of the molecule is CCCn1ncc(OC)c1C(=O)C(C)(C)N1CCOCC1. The zero-order valence-corrected chi connectivity index (χ0v) is 13.4. The van der Waals surface area contributed by atoms with E-state index in [1.54, 1.807) is 18.0 Å². The van der Waals surface area contributed by atoms with Crippen molar-refractivity contribution >= 4 is 5.78 Å². The van der Waals surface area contributed by atoms with E-state index >= 15 is 0 Å². The van der Waals surface area contributed by atoms with Gasteiger partial charge in [0.25, 0.3) is 0 Å². The predicted octanol–water partition coefficient (Wildman–Crippen LogP) is 1.60. The molecule has 0 unspecified atom stereocenters. The lowest BCUT2D eigenvalue weighted by Gasteiger charge is -2.39. The molecular formula is C15H25N3O3. The molecule has 0 atom stereocenters. The van der Waals surface area contributed by atoms with Crippen LogP contribution in [-0.4, -0.2) is 59.4 Å². The number of aryl methyl sites for hydroxylation is 1. The van der Waals surface area contributed by atoms with Crippen molar-refractivity contribution in [3.8, 4) is 5.75 Å². The molecule has 0 aromatic carbocycles. The summed E-state index contributed by atoms with van der Waals surface area (Å²) in [4.78, 5) is 15.2. The summed E-state index contributed by atoms with van der Waals surface area (Å²) in [6, 6.07) is 0. The number of methoxy groups -OCH3 is 1. The van der Waals surface area contributed by atoms with Gasteiger partial charge in [-0.05, 0) is 20.3 Å². The van der Waals surface area contributed by atoms with Crippen LogP contribution in [0.3, 0.4) is 0 Å². The number of morpholine rings is 1. The van der Waals surface area contributed by atoms with Gasteiger partial charge in [0.2, 0.25) is 5.78 Å². The van der Waals surface area contributed by atoms with Gasteiger partial charge in [-0.2, -0.15) is 5.10 Å². The molecule has 0 aliphatic carbocycles. The minimum Gasteiger partial charge on any atom is -0.493 e. The number of ketones is 1. The highest BCUT2D eigenvalue weighted by Gasteiger charge is 2.39. The first kappa shape index (κ1) is 16.0. The van der Waals surface area contributed by atoms with Gasteiger partial charge in [-0.15, -0.1) is 0 Å². The normalized spacial score (nSPS) is 17.0.